The van der Waals surface area contributed by atoms with Crippen LogP contribution >= 0.6 is 0 Å². The number of carboxylic acids is 1. The molecule has 96 valence electrons. The summed E-state index contributed by atoms with van der Waals surface area (Å²) < 4.78 is 0. The minimum atomic E-state index is -1.10. The zero-order valence-corrected chi connectivity index (χ0v) is 9.88. The average molecular weight is 250 g/mol. The summed E-state index contributed by atoms with van der Waals surface area (Å²) in [6.07, 6.45) is 3.78. The molecule has 0 saturated carbocycles. The van der Waals surface area contributed by atoms with Gasteiger partial charge in [-0.05, 0) is 13.3 Å². The Kier molecular flexibility index (Phi) is 3.40. The standard InChI is InChI=1S/C11H14N4O3/c1-6-7(2-3-10(16)14-6)15-9-5-12-8(4-13-9)11(17)18/h4-7H,2-3H2,1H3,(H,13,15)(H,14,16)(H,17,18). The molecule has 1 aliphatic heterocycles. The molecule has 2 heterocycles. The number of carbonyl (C=O) groups excluding carboxylic acids is 1. The van der Waals surface area contributed by atoms with Crippen LogP contribution in [-0.2, 0) is 4.79 Å². The molecule has 1 aliphatic rings. The van der Waals surface area contributed by atoms with Crippen LogP contribution in [0.4, 0.5) is 5.82 Å². The van der Waals surface area contributed by atoms with Crippen LogP contribution in [0.1, 0.15) is 30.3 Å². The molecular formula is C11H14N4O3. The van der Waals surface area contributed by atoms with E-state index >= 15 is 0 Å². The van der Waals surface area contributed by atoms with Gasteiger partial charge < -0.3 is 15.7 Å². The van der Waals surface area contributed by atoms with E-state index in [-0.39, 0.29) is 23.7 Å². The molecule has 0 bridgehead atoms. The average Bonchev–Trinajstić information content (AvgIpc) is 2.33. The Morgan fingerprint density at radius 2 is 2.28 bits per heavy atom. The van der Waals surface area contributed by atoms with Crippen LogP contribution in [0.5, 0.6) is 0 Å². The fraction of sp³-hybridized carbons (Fsp3) is 0.455. The lowest BCUT2D eigenvalue weighted by Crippen LogP contribution is -2.49. The molecule has 1 aromatic heterocycles. The highest BCUT2D eigenvalue weighted by molar-refractivity contribution is 5.84. The number of hydrogen-bond donors (Lipinski definition) is 3. The summed E-state index contributed by atoms with van der Waals surface area (Å²) in [5, 5.41) is 14.7. The third-order valence-corrected chi connectivity index (χ3v) is 2.88. The number of nitrogens with zero attached hydrogens (tertiary/aromatic N) is 2. The number of nitrogens with one attached hydrogen (secondary N) is 2. The summed E-state index contributed by atoms with van der Waals surface area (Å²) in [5.41, 5.74) is -0.0921. The van der Waals surface area contributed by atoms with Crippen molar-refractivity contribution in [2.24, 2.45) is 0 Å². The minimum Gasteiger partial charge on any atom is -0.476 e. The number of piperidine rings is 1. The van der Waals surface area contributed by atoms with Crippen LogP contribution in [0, 0.1) is 0 Å². The fourth-order valence-electron chi connectivity index (χ4n) is 1.86. The van der Waals surface area contributed by atoms with Crippen LogP contribution in [0.3, 0.4) is 0 Å². The molecule has 1 saturated heterocycles. The number of amides is 1. The first kappa shape index (κ1) is 12.3. The molecule has 0 radical (unpaired) electrons. The van der Waals surface area contributed by atoms with E-state index in [9.17, 15) is 9.59 Å². The van der Waals surface area contributed by atoms with Crippen molar-refractivity contribution in [1.29, 1.82) is 0 Å². The molecule has 0 aromatic carbocycles. The molecular weight excluding hydrogens is 236 g/mol. The highest BCUT2D eigenvalue weighted by Gasteiger charge is 2.25. The van der Waals surface area contributed by atoms with Crippen molar-refractivity contribution in [2.45, 2.75) is 31.8 Å². The van der Waals surface area contributed by atoms with E-state index in [1.54, 1.807) is 0 Å². The molecule has 2 unspecified atom stereocenters. The lowest BCUT2D eigenvalue weighted by Gasteiger charge is -2.30. The van der Waals surface area contributed by atoms with Crippen molar-refractivity contribution in [3.05, 3.63) is 18.1 Å². The first-order valence-corrected chi connectivity index (χ1v) is 5.67. The molecule has 18 heavy (non-hydrogen) atoms. The van der Waals surface area contributed by atoms with E-state index < -0.39 is 5.97 Å². The highest BCUT2D eigenvalue weighted by atomic mass is 16.4. The van der Waals surface area contributed by atoms with Gasteiger partial charge in [-0.3, -0.25) is 4.79 Å². The smallest absolute Gasteiger partial charge is 0.356 e. The SMILES string of the molecule is CC1NC(=O)CCC1Nc1cnc(C(=O)O)cn1. The fourth-order valence-corrected chi connectivity index (χ4v) is 1.86. The molecule has 7 heteroatoms. The largest absolute Gasteiger partial charge is 0.476 e. The van der Waals surface area contributed by atoms with Gasteiger partial charge in [0.1, 0.15) is 5.82 Å². The third kappa shape index (κ3) is 2.73. The predicted octanol–water partition coefficient (Wildman–Crippen LogP) is 0.254. The number of aromatic nitrogens is 2. The van der Waals surface area contributed by atoms with Crippen molar-refractivity contribution >= 4 is 17.7 Å². The van der Waals surface area contributed by atoms with Gasteiger partial charge in [0, 0.05) is 18.5 Å². The number of carbonyl (C=O) groups is 2. The van der Waals surface area contributed by atoms with Gasteiger partial charge in [0.15, 0.2) is 5.69 Å². The van der Waals surface area contributed by atoms with E-state index in [2.05, 4.69) is 20.6 Å². The van der Waals surface area contributed by atoms with Crippen LogP contribution in [0.15, 0.2) is 12.4 Å². The lowest BCUT2D eigenvalue weighted by atomic mass is 9.99. The Hall–Kier alpha value is -2.18. The maximum Gasteiger partial charge on any atom is 0.356 e. The number of anilines is 1. The Morgan fingerprint density at radius 3 is 2.83 bits per heavy atom. The summed E-state index contributed by atoms with van der Waals surface area (Å²) in [6.45, 7) is 1.91. The van der Waals surface area contributed by atoms with Crippen LogP contribution in [0.25, 0.3) is 0 Å². The molecule has 3 N–H and O–H groups in total. The van der Waals surface area contributed by atoms with Gasteiger partial charge in [0.2, 0.25) is 5.91 Å². The van der Waals surface area contributed by atoms with E-state index in [1.807, 2.05) is 6.92 Å². The molecule has 0 aliphatic carbocycles. The van der Waals surface area contributed by atoms with Gasteiger partial charge in [-0.1, -0.05) is 0 Å². The van der Waals surface area contributed by atoms with Gasteiger partial charge in [-0.2, -0.15) is 0 Å². The Balaban J connectivity index is 2.01. The number of aromatic carboxylic acids is 1. The van der Waals surface area contributed by atoms with Crippen molar-refractivity contribution in [2.75, 3.05) is 5.32 Å². The second-order valence-electron chi connectivity index (χ2n) is 4.24. The van der Waals surface area contributed by atoms with Gasteiger partial charge in [-0.15, -0.1) is 0 Å². The normalized spacial score (nSPS) is 23.3. The third-order valence-electron chi connectivity index (χ3n) is 2.88. The molecule has 0 spiro atoms. The summed E-state index contributed by atoms with van der Waals surface area (Å²) in [7, 11) is 0. The molecule has 2 atom stereocenters. The van der Waals surface area contributed by atoms with Crippen LogP contribution in [-0.4, -0.2) is 39.0 Å². The Morgan fingerprint density at radius 1 is 1.50 bits per heavy atom. The Labute approximate surface area is 104 Å². The highest BCUT2D eigenvalue weighted by Crippen LogP contribution is 2.14. The minimum absolute atomic E-state index is 0.00667. The summed E-state index contributed by atoms with van der Waals surface area (Å²) in [4.78, 5) is 29.5. The topological polar surface area (TPSA) is 104 Å². The van der Waals surface area contributed by atoms with E-state index in [0.29, 0.717) is 12.2 Å². The number of rotatable bonds is 3. The molecule has 2 rings (SSSR count). The molecule has 1 amide bonds. The quantitative estimate of drug-likeness (QED) is 0.710. The van der Waals surface area contributed by atoms with E-state index in [4.69, 9.17) is 5.11 Å². The van der Waals surface area contributed by atoms with E-state index in [0.717, 1.165) is 6.42 Å². The Bertz CT molecular complexity index is 460. The zero-order valence-electron chi connectivity index (χ0n) is 9.88. The van der Waals surface area contributed by atoms with Gasteiger partial charge >= 0.3 is 5.97 Å². The lowest BCUT2D eigenvalue weighted by molar-refractivity contribution is -0.123. The number of carboxylic acid groups (broad SMARTS) is 1. The van der Waals surface area contributed by atoms with Crippen molar-refractivity contribution in [3.63, 3.8) is 0 Å². The van der Waals surface area contributed by atoms with Crippen LogP contribution in [0.2, 0.25) is 0 Å². The van der Waals surface area contributed by atoms with Crippen LogP contribution < -0.4 is 10.6 Å². The number of hydrogen-bond acceptors (Lipinski definition) is 5. The maximum absolute atomic E-state index is 11.2. The molecule has 7 nitrogen and oxygen atoms in total. The van der Waals surface area contributed by atoms with Gasteiger partial charge in [0.25, 0.3) is 0 Å². The predicted molar refractivity (Wildman–Crippen MR) is 63.2 cm³/mol. The van der Waals surface area contributed by atoms with E-state index in [1.165, 1.54) is 12.4 Å². The second kappa shape index (κ2) is 4.99. The maximum atomic E-state index is 11.2. The second-order valence-corrected chi connectivity index (χ2v) is 4.24. The first-order chi connectivity index (χ1) is 8.56. The van der Waals surface area contributed by atoms with Gasteiger partial charge in [-0.25, -0.2) is 14.8 Å². The summed E-state index contributed by atoms with van der Waals surface area (Å²) in [6, 6.07) is 0.0832. The van der Waals surface area contributed by atoms with Crippen molar-refractivity contribution < 1.29 is 14.7 Å². The molecule has 1 fully saturated rings. The van der Waals surface area contributed by atoms with Crippen molar-refractivity contribution in [1.82, 2.24) is 15.3 Å². The summed E-state index contributed by atoms with van der Waals surface area (Å²) >= 11 is 0. The monoisotopic (exact) mass is 250 g/mol. The van der Waals surface area contributed by atoms with Gasteiger partial charge in [0.05, 0.1) is 12.4 Å². The zero-order chi connectivity index (χ0) is 13.1. The summed E-state index contributed by atoms with van der Waals surface area (Å²) in [5.74, 6) is -0.548. The molecule has 1 aromatic rings. The van der Waals surface area contributed by atoms with Crippen molar-refractivity contribution in [3.8, 4) is 0 Å². The first-order valence-electron chi connectivity index (χ1n) is 5.67.